The predicted molar refractivity (Wildman–Crippen MR) is 94.8 cm³/mol. The van der Waals surface area contributed by atoms with E-state index in [2.05, 4.69) is 20.9 Å². The summed E-state index contributed by atoms with van der Waals surface area (Å²) < 4.78 is 12.0. The van der Waals surface area contributed by atoms with Gasteiger partial charge in [0.25, 0.3) is 0 Å². The maximum absolute atomic E-state index is 6.15. The van der Waals surface area contributed by atoms with Crippen LogP contribution in [0.5, 0.6) is 0 Å². The van der Waals surface area contributed by atoms with E-state index in [1.807, 2.05) is 42.9 Å². The zero-order chi connectivity index (χ0) is 17.0. The van der Waals surface area contributed by atoms with Crippen LogP contribution in [-0.2, 0) is 22.6 Å². The first kappa shape index (κ1) is 16.6. The van der Waals surface area contributed by atoms with Crippen LogP contribution in [0.4, 0.5) is 0 Å². The van der Waals surface area contributed by atoms with Crippen LogP contribution in [0.1, 0.15) is 24.1 Å². The second-order valence-corrected chi connectivity index (χ2v) is 7.07. The van der Waals surface area contributed by atoms with Gasteiger partial charge in [0, 0.05) is 51.4 Å². The molecule has 1 atom stereocenters. The van der Waals surface area contributed by atoms with Crippen molar-refractivity contribution >= 4 is 0 Å². The molecule has 0 unspecified atom stereocenters. The molecule has 2 fully saturated rings. The highest BCUT2D eigenvalue weighted by Crippen LogP contribution is 2.42. The number of rotatable bonds is 7. The van der Waals surface area contributed by atoms with E-state index in [-0.39, 0.29) is 5.60 Å². The van der Waals surface area contributed by atoms with Crippen LogP contribution in [-0.4, -0.2) is 46.8 Å². The molecule has 0 bridgehead atoms. The van der Waals surface area contributed by atoms with E-state index in [0.717, 1.165) is 51.4 Å². The van der Waals surface area contributed by atoms with E-state index in [1.165, 1.54) is 5.56 Å². The van der Waals surface area contributed by atoms with Crippen molar-refractivity contribution < 1.29 is 9.47 Å². The van der Waals surface area contributed by atoms with Crippen LogP contribution in [0.2, 0.25) is 0 Å². The van der Waals surface area contributed by atoms with Crippen molar-refractivity contribution in [3.05, 3.63) is 60.2 Å². The standard InChI is InChI=1S/C20H25N3O2/c1-2-9-22-19(5-1)14-24-10-6-18-7-11-25-20(18)15-23(16-20)13-17-4-3-8-21-12-17/h1-5,8-9,12,18H,6-7,10-11,13-16H2/t18-/m0/s1. The first-order chi connectivity index (χ1) is 12.3. The van der Waals surface area contributed by atoms with Gasteiger partial charge in [0.05, 0.1) is 17.9 Å². The zero-order valence-electron chi connectivity index (χ0n) is 14.5. The second-order valence-electron chi connectivity index (χ2n) is 7.07. The van der Waals surface area contributed by atoms with E-state index in [0.29, 0.717) is 12.5 Å². The highest BCUT2D eigenvalue weighted by molar-refractivity contribution is 5.12. The lowest BCUT2D eigenvalue weighted by Gasteiger charge is -2.50. The van der Waals surface area contributed by atoms with E-state index in [4.69, 9.17) is 9.47 Å². The number of pyridine rings is 2. The van der Waals surface area contributed by atoms with E-state index in [9.17, 15) is 0 Å². The SMILES string of the molecule is c1ccc(COCC[C@H]2CCOC23CN(Cc2cccnc2)C3)nc1. The topological polar surface area (TPSA) is 47.5 Å². The second kappa shape index (κ2) is 7.60. The number of aromatic nitrogens is 2. The lowest BCUT2D eigenvalue weighted by molar-refractivity contribution is -0.139. The van der Waals surface area contributed by atoms with Gasteiger partial charge >= 0.3 is 0 Å². The highest BCUT2D eigenvalue weighted by Gasteiger charge is 2.52. The normalized spacial score (nSPS) is 22.2. The van der Waals surface area contributed by atoms with Crippen molar-refractivity contribution in [3.63, 3.8) is 0 Å². The molecule has 25 heavy (non-hydrogen) atoms. The van der Waals surface area contributed by atoms with Crippen LogP contribution in [0.25, 0.3) is 0 Å². The Labute approximate surface area is 149 Å². The third kappa shape index (κ3) is 3.89. The summed E-state index contributed by atoms with van der Waals surface area (Å²) in [6.45, 7) is 5.25. The Morgan fingerprint density at radius 1 is 1.20 bits per heavy atom. The lowest BCUT2D eigenvalue weighted by atomic mass is 9.79. The molecule has 2 aromatic rings. The fourth-order valence-corrected chi connectivity index (χ4v) is 4.00. The van der Waals surface area contributed by atoms with Gasteiger partial charge < -0.3 is 9.47 Å². The Morgan fingerprint density at radius 3 is 2.96 bits per heavy atom. The van der Waals surface area contributed by atoms with Gasteiger partial charge in [-0.25, -0.2) is 0 Å². The Balaban J connectivity index is 1.22. The number of nitrogens with zero attached hydrogens (tertiary/aromatic N) is 3. The molecule has 0 aliphatic carbocycles. The van der Waals surface area contributed by atoms with Gasteiger partial charge in [0.1, 0.15) is 0 Å². The largest absolute Gasteiger partial charge is 0.375 e. The van der Waals surface area contributed by atoms with Crippen LogP contribution < -0.4 is 0 Å². The minimum atomic E-state index is 0.0521. The van der Waals surface area contributed by atoms with Gasteiger partial charge in [-0.1, -0.05) is 12.1 Å². The maximum Gasteiger partial charge on any atom is 0.0964 e. The first-order valence-electron chi connectivity index (χ1n) is 9.07. The molecule has 4 heterocycles. The molecule has 0 aromatic carbocycles. The molecule has 2 aliphatic heterocycles. The average Bonchev–Trinajstić information content (AvgIpc) is 3.04. The Hall–Kier alpha value is -1.82. The molecular weight excluding hydrogens is 314 g/mol. The fraction of sp³-hybridized carbons (Fsp3) is 0.500. The molecular formula is C20H25N3O2. The van der Waals surface area contributed by atoms with Gasteiger partial charge in [-0.3, -0.25) is 14.9 Å². The van der Waals surface area contributed by atoms with Crippen molar-refractivity contribution in [2.75, 3.05) is 26.3 Å². The van der Waals surface area contributed by atoms with Crippen molar-refractivity contribution in [3.8, 4) is 0 Å². The maximum atomic E-state index is 6.15. The first-order valence-corrected chi connectivity index (χ1v) is 9.07. The third-order valence-corrected chi connectivity index (χ3v) is 5.30. The molecule has 132 valence electrons. The van der Waals surface area contributed by atoms with Crippen molar-refractivity contribution in [1.82, 2.24) is 14.9 Å². The predicted octanol–water partition coefficient (Wildman–Crippen LogP) is 2.67. The van der Waals surface area contributed by atoms with Crippen LogP contribution in [0.15, 0.2) is 48.9 Å². The number of hydrogen-bond donors (Lipinski definition) is 0. The van der Waals surface area contributed by atoms with E-state index >= 15 is 0 Å². The lowest BCUT2D eigenvalue weighted by Crippen LogP contribution is -2.64. The van der Waals surface area contributed by atoms with Gasteiger partial charge in [-0.05, 0) is 42.5 Å². The summed E-state index contributed by atoms with van der Waals surface area (Å²) in [5.41, 5.74) is 2.31. The van der Waals surface area contributed by atoms with E-state index < -0.39 is 0 Å². The van der Waals surface area contributed by atoms with Crippen LogP contribution in [0.3, 0.4) is 0 Å². The molecule has 0 N–H and O–H groups in total. The van der Waals surface area contributed by atoms with Gasteiger partial charge in [-0.15, -0.1) is 0 Å². The zero-order valence-corrected chi connectivity index (χ0v) is 14.5. The number of hydrogen-bond acceptors (Lipinski definition) is 5. The summed E-state index contributed by atoms with van der Waals surface area (Å²) in [6, 6.07) is 10.1. The van der Waals surface area contributed by atoms with Gasteiger partial charge in [-0.2, -0.15) is 0 Å². The Bertz CT molecular complexity index is 659. The quantitative estimate of drug-likeness (QED) is 0.726. The fourth-order valence-electron chi connectivity index (χ4n) is 4.00. The molecule has 2 aliphatic rings. The summed E-state index contributed by atoms with van der Waals surface area (Å²) in [4.78, 5) is 10.9. The highest BCUT2D eigenvalue weighted by atomic mass is 16.5. The summed E-state index contributed by atoms with van der Waals surface area (Å²) in [7, 11) is 0. The molecule has 2 aromatic heterocycles. The molecule has 5 nitrogen and oxygen atoms in total. The number of ether oxygens (including phenoxy) is 2. The molecule has 4 rings (SSSR count). The third-order valence-electron chi connectivity index (χ3n) is 5.30. The smallest absolute Gasteiger partial charge is 0.0964 e. The summed E-state index contributed by atoms with van der Waals surface area (Å²) >= 11 is 0. The minimum absolute atomic E-state index is 0.0521. The molecule has 1 spiro atoms. The Morgan fingerprint density at radius 2 is 2.16 bits per heavy atom. The molecule has 2 saturated heterocycles. The molecule has 0 amide bonds. The van der Waals surface area contributed by atoms with E-state index in [1.54, 1.807) is 0 Å². The average molecular weight is 339 g/mol. The monoisotopic (exact) mass is 339 g/mol. The minimum Gasteiger partial charge on any atom is -0.375 e. The van der Waals surface area contributed by atoms with Crippen molar-refractivity contribution in [2.24, 2.45) is 5.92 Å². The van der Waals surface area contributed by atoms with Crippen molar-refractivity contribution in [1.29, 1.82) is 0 Å². The Kier molecular flexibility index (Phi) is 5.06. The number of likely N-dealkylation sites (tertiary alicyclic amines) is 1. The summed E-state index contributed by atoms with van der Waals surface area (Å²) in [5, 5.41) is 0. The summed E-state index contributed by atoms with van der Waals surface area (Å²) in [6.07, 6.45) is 7.79. The van der Waals surface area contributed by atoms with Crippen LogP contribution in [0, 0.1) is 5.92 Å². The van der Waals surface area contributed by atoms with Crippen LogP contribution >= 0.6 is 0 Å². The van der Waals surface area contributed by atoms with Gasteiger partial charge in [0.15, 0.2) is 0 Å². The van der Waals surface area contributed by atoms with Crippen molar-refractivity contribution in [2.45, 2.75) is 31.6 Å². The molecule has 5 heteroatoms. The van der Waals surface area contributed by atoms with Gasteiger partial charge in [0.2, 0.25) is 0 Å². The molecule has 0 saturated carbocycles. The summed E-state index contributed by atoms with van der Waals surface area (Å²) in [5.74, 6) is 0.599. The molecule has 0 radical (unpaired) electrons.